The Morgan fingerprint density at radius 3 is 2.41 bits per heavy atom. The summed E-state index contributed by atoms with van der Waals surface area (Å²) in [5, 5.41) is 3.98. The van der Waals surface area contributed by atoms with Crippen molar-refractivity contribution in [3.63, 3.8) is 0 Å². The van der Waals surface area contributed by atoms with Gasteiger partial charge in [-0.2, -0.15) is 9.41 Å². The molecule has 0 atom stereocenters. The number of benzene rings is 2. The minimum atomic E-state index is -3.50. The topological polar surface area (TPSA) is 82.1 Å². The number of amides is 1. The molecule has 29 heavy (non-hydrogen) atoms. The molecule has 3 rings (SSSR count). The quantitative estimate of drug-likeness (QED) is 0.509. The molecule has 1 aliphatic rings. The van der Waals surface area contributed by atoms with Crippen LogP contribution in [0.5, 0.6) is 0 Å². The van der Waals surface area contributed by atoms with Crippen molar-refractivity contribution in [1.29, 1.82) is 0 Å². The van der Waals surface area contributed by atoms with Gasteiger partial charge in [-0.1, -0.05) is 51.8 Å². The summed E-state index contributed by atoms with van der Waals surface area (Å²) in [6.07, 6.45) is 1.58. The number of piperazine rings is 1. The van der Waals surface area contributed by atoms with Gasteiger partial charge < -0.3 is 0 Å². The second kappa shape index (κ2) is 9.62. The molecule has 0 bridgehead atoms. The highest BCUT2D eigenvalue weighted by atomic mass is 79.9. The number of nitrogens with zero attached hydrogens (tertiary/aromatic N) is 3. The molecule has 1 N–H and O–H groups in total. The lowest BCUT2D eigenvalue weighted by molar-refractivity contribution is -0.122. The zero-order valence-electron chi connectivity index (χ0n) is 16.1. The van der Waals surface area contributed by atoms with Crippen molar-refractivity contribution in [3.8, 4) is 0 Å². The van der Waals surface area contributed by atoms with Crippen molar-refractivity contribution >= 4 is 38.1 Å². The molecule has 1 amide bonds. The number of hydrazone groups is 1. The first-order valence-electron chi connectivity index (χ1n) is 9.22. The maximum Gasteiger partial charge on any atom is 0.254 e. The van der Waals surface area contributed by atoms with Crippen LogP contribution in [-0.2, 0) is 14.8 Å². The van der Waals surface area contributed by atoms with Gasteiger partial charge >= 0.3 is 0 Å². The molecule has 1 heterocycles. The van der Waals surface area contributed by atoms with Crippen molar-refractivity contribution in [2.24, 2.45) is 5.10 Å². The van der Waals surface area contributed by atoms with Crippen LogP contribution in [0.4, 0.5) is 0 Å². The minimum absolute atomic E-state index is 0.172. The van der Waals surface area contributed by atoms with Crippen LogP contribution in [0.3, 0.4) is 0 Å². The normalized spacial score (nSPS) is 16.2. The van der Waals surface area contributed by atoms with Crippen molar-refractivity contribution in [2.45, 2.75) is 11.8 Å². The van der Waals surface area contributed by atoms with E-state index in [0.717, 1.165) is 15.6 Å². The Balaban J connectivity index is 1.48. The van der Waals surface area contributed by atoms with Gasteiger partial charge in [-0.15, -0.1) is 0 Å². The highest BCUT2D eigenvalue weighted by Crippen LogP contribution is 2.18. The first kappa shape index (κ1) is 21.6. The number of hydrogen-bond acceptors (Lipinski definition) is 5. The van der Waals surface area contributed by atoms with Gasteiger partial charge in [-0.3, -0.25) is 9.69 Å². The number of hydrogen-bond donors (Lipinski definition) is 1. The molecule has 7 nitrogen and oxygen atoms in total. The third kappa shape index (κ3) is 5.72. The Morgan fingerprint density at radius 1 is 1.10 bits per heavy atom. The zero-order chi connectivity index (χ0) is 20.9. The monoisotopic (exact) mass is 478 g/mol. The molecule has 2 aromatic rings. The fourth-order valence-corrected chi connectivity index (χ4v) is 4.79. The number of rotatable bonds is 6. The van der Waals surface area contributed by atoms with E-state index in [2.05, 4.69) is 26.5 Å². The Bertz CT molecular complexity index is 985. The van der Waals surface area contributed by atoms with E-state index in [0.29, 0.717) is 31.1 Å². The third-order valence-corrected chi connectivity index (χ3v) is 7.29. The fourth-order valence-electron chi connectivity index (χ4n) is 2.98. The van der Waals surface area contributed by atoms with E-state index in [1.165, 1.54) is 4.31 Å². The molecule has 1 saturated heterocycles. The number of nitrogens with one attached hydrogen (secondary N) is 1. The first-order valence-corrected chi connectivity index (χ1v) is 11.5. The Morgan fingerprint density at radius 2 is 1.76 bits per heavy atom. The highest BCUT2D eigenvalue weighted by molar-refractivity contribution is 9.10. The van der Waals surface area contributed by atoms with Gasteiger partial charge in [0.1, 0.15) is 0 Å². The fraction of sp³-hybridized carbons (Fsp3) is 0.300. The molecule has 154 valence electrons. The van der Waals surface area contributed by atoms with E-state index in [1.807, 2.05) is 36.1 Å². The number of carbonyl (C=O) groups excluding carboxylic acids is 1. The third-order valence-electron chi connectivity index (χ3n) is 4.66. The molecule has 0 radical (unpaired) electrons. The van der Waals surface area contributed by atoms with Gasteiger partial charge in [-0.25, -0.2) is 13.8 Å². The number of sulfonamides is 1. The van der Waals surface area contributed by atoms with Gasteiger partial charge in [0, 0.05) is 36.2 Å². The molecule has 2 aromatic carbocycles. The maximum absolute atomic E-state index is 12.7. The lowest BCUT2D eigenvalue weighted by atomic mass is 10.2. The van der Waals surface area contributed by atoms with Crippen LogP contribution in [0.25, 0.3) is 0 Å². The second-order valence-corrected chi connectivity index (χ2v) is 9.60. The predicted molar refractivity (Wildman–Crippen MR) is 116 cm³/mol. The van der Waals surface area contributed by atoms with E-state index in [1.54, 1.807) is 30.5 Å². The maximum atomic E-state index is 12.7. The average Bonchev–Trinajstić information content (AvgIpc) is 2.70. The van der Waals surface area contributed by atoms with E-state index in [4.69, 9.17) is 0 Å². The summed E-state index contributed by atoms with van der Waals surface area (Å²) in [4.78, 5) is 14.3. The number of aryl methyl sites for hydroxylation is 1. The number of halogens is 1. The molecule has 1 fully saturated rings. The SMILES string of the molecule is Cc1ccc(S(=O)(=O)N2CCN(CC(=O)N/N=C\c3ccccc3Br)CC2)cc1. The van der Waals surface area contributed by atoms with Crippen LogP contribution in [-0.4, -0.2) is 62.5 Å². The molecule has 0 unspecified atom stereocenters. The van der Waals surface area contributed by atoms with Gasteiger partial charge in [0.2, 0.25) is 10.0 Å². The van der Waals surface area contributed by atoms with E-state index < -0.39 is 10.0 Å². The van der Waals surface area contributed by atoms with Gasteiger partial charge in [0.15, 0.2) is 0 Å². The average molecular weight is 479 g/mol. The summed E-state index contributed by atoms with van der Waals surface area (Å²) in [6.45, 7) is 3.78. The van der Waals surface area contributed by atoms with Gasteiger partial charge in [0.25, 0.3) is 5.91 Å². The minimum Gasteiger partial charge on any atom is -0.292 e. The summed E-state index contributed by atoms with van der Waals surface area (Å²) in [7, 11) is -3.50. The lowest BCUT2D eigenvalue weighted by Crippen LogP contribution is -2.50. The summed E-state index contributed by atoms with van der Waals surface area (Å²) >= 11 is 3.42. The van der Waals surface area contributed by atoms with Crippen LogP contribution in [0.2, 0.25) is 0 Å². The Labute approximate surface area is 179 Å². The zero-order valence-corrected chi connectivity index (χ0v) is 18.5. The van der Waals surface area contributed by atoms with Crippen LogP contribution >= 0.6 is 15.9 Å². The van der Waals surface area contributed by atoms with E-state index in [9.17, 15) is 13.2 Å². The van der Waals surface area contributed by atoms with Crippen molar-refractivity contribution in [3.05, 3.63) is 64.1 Å². The smallest absolute Gasteiger partial charge is 0.254 e. The first-order chi connectivity index (χ1) is 13.9. The molecule has 0 aliphatic carbocycles. The second-order valence-electron chi connectivity index (χ2n) is 6.81. The summed E-state index contributed by atoms with van der Waals surface area (Å²) in [5.41, 5.74) is 4.39. The van der Waals surface area contributed by atoms with E-state index in [-0.39, 0.29) is 12.5 Å². The van der Waals surface area contributed by atoms with Crippen LogP contribution in [0.15, 0.2) is 63.0 Å². The molecule has 0 aromatic heterocycles. The number of carbonyl (C=O) groups is 1. The van der Waals surface area contributed by atoms with Gasteiger partial charge in [-0.05, 0) is 25.1 Å². The largest absolute Gasteiger partial charge is 0.292 e. The molecule has 9 heteroatoms. The molecule has 0 spiro atoms. The highest BCUT2D eigenvalue weighted by Gasteiger charge is 2.28. The Hall–Kier alpha value is -2.07. The molecule has 1 aliphatic heterocycles. The van der Waals surface area contributed by atoms with Crippen molar-refractivity contribution < 1.29 is 13.2 Å². The molecular weight excluding hydrogens is 456 g/mol. The predicted octanol–water partition coefficient (Wildman–Crippen LogP) is 2.21. The standard InChI is InChI=1S/C20H23BrN4O3S/c1-16-6-8-18(9-7-16)29(27,28)25-12-10-24(11-13-25)15-20(26)23-22-14-17-4-2-3-5-19(17)21/h2-9,14H,10-13,15H2,1H3,(H,23,26)/b22-14-. The summed E-state index contributed by atoms with van der Waals surface area (Å²) in [6, 6.07) is 14.4. The van der Waals surface area contributed by atoms with Crippen LogP contribution in [0, 0.1) is 6.92 Å². The van der Waals surface area contributed by atoms with Crippen LogP contribution < -0.4 is 5.43 Å². The van der Waals surface area contributed by atoms with Crippen molar-refractivity contribution in [2.75, 3.05) is 32.7 Å². The Kier molecular flexibility index (Phi) is 7.18. The molecule has 0 saturated carbocycles. The summed E-state index contributed by atoms with van der Waals surface area (Å²) in [5.74, 6) is -0.233. The van der Waals surface area contributed by atoms with E-state index >= 15 is 0 Å². The van der Waals surface area contributed by atoms with Crippen LogP contribution in [0.1, 0.15) is 11.1 Å². The van der Waals surface area contributed by atoms with Crippen molar-refractivity contribution in [1.82, 2.24) is 14.6 Å². The van der Waals surface area contributed by atoms with Gasteiger partial charge in [0.05, 0.1) is 17.7 Å². The lowest BCUT2D eigenvalue weighted by Gasteiger charge is -2.33. The molecular formula is C20H23BrN4O3S. The summed E-state index contributed by atoms with van der Waals surface area (Å²) < 4.78 is 27.8.